The van der Waals surface area contributed by atoms with Crippen molar-refractivity contribution in [3.05, 3.63) is 18.3 Å². The maximum absolute atomic E-state index is 8.95. The molecular weight excluding hydrogens is 214 g/mol. The molecule has 0 aliphatic carbocycles. The monoisotopic (exact) mass is 229 g/mol. The summed E-state index contributed by atoms with van der Waals surface area (Å²) in [6, 6.07) is 3.97. The molecule has 1 aromatic heterocycles. The fourth-order valence-corrected chi connectivity index (χ4v) is 2.61. The zero-order valence-electron chi connectivity index (χ0n) is 9.61. The number of anilines is 2. The summed E-state index contributed by atoms with van der Waals surface area (Å²) in [4.78, 5) is 6.16. The lowest BCUT2D eigenvalue weighted by Crippen LogP contribution is -2.37. The number of hydrogen-bond acceptors (Lipinski definition) is 5. The lowest BCUT2D eigenvalue weighted by Gasteiger charge is -2.26. The Kier molecular flexibility index (Phi) is 2.29. The molecule has 5 nitrogen and oxygen atoms in total. The van der Waals surface area contributed by atoms with Crippen LogP contribution >= 0.6 is 0 Å². The van der Waals surface area contributed by atoms with Gasteiger partial charge >= 0.3 is 0 Å². The Bertz CT molecular complexity index is 437. The van der Waals surface area contributed by atoms with Crippen molar-refractivity contribution < 1.29 is 0 Å². The third kappa shape index (κ3) is 1.76. The molecule has 1 atom stereocenters. The van der Waals surface area contributed by atoms with Crippen molar-refractivity contribution in [1.29, 1.82) is 5.26 Å². The Morgan fingerprint density at radius 1 is 1.41 bits per heavy atom. The SMILES string of the molecule is N#CN1CCC2(CNc3cccnc3NC2)C1. The maximum Gasteiger partial charge on any atom is 0.179 e. The molecule has 2 aliphatic heterocycles. The number of nitriles is 1. The molecule has 0 saturated carbocycles. The summed E-state index contributed by atoms with van der Waals surface area (Å²) in [5.41, 5.74) is 1.20. The van der Waals surface area contributed by atoms with Crippen LogP contribution in [0.3, 0.4) is 0 Å². The highest BCUT2D eigenvalue weighted by atomic mass is 15.2. The van der Waals surface area contributed by atoms with Gasteiger partial charge in [-0.1, -0.05) is 0 Å². The highest BCUT2D eigenvalue weighted by Crippen LogP contribution is 2.34. The van der Waals surface area contributed by atoms with Gasteiger partial charge in [-0.15, -0.1) is 0 Å². The summed E-state index contributed by atoms with van der Waals surface area (Å²) in [7, 11) is 0. The minimum absolute atomic E-state index is 0.149. The molecule has 0 bridgehead atoms. The summed E-state index contributed by atoms with van der Waals surface area (Å²) in [5.74, 6) is 0.916. The molecule has 88 valence electrons. The molecule has 1 unspecified atom stereocenters. The average Bonchev–Trinajstić information content (AvgIpc) is 2.70. The smallest absolute Gasteiger partial charge is 0.179 e. The standard InChI is InChI=1S/C12H15N5/c13-9-17-5-3-12(8-17)6-15-10-2-1-4-14-11(10)16-7-12/h1-2,4,15H,3,5-8H2,(H,14,16). The second kappa shape index (κ2) is 3.81. The zero-order chi connectivity index (χ0) is 11.7. The molecule has 0 radical (unpaired) electrons. The van der Waals surface area contributed by atoms with Gasteiger partial charge in [0.25, 0.3) is 0 Å². The van der Waals surface area contributed by atoms with Crippen molar-refractivity contribution in [3.8, 4) is 6.19 Å². The highest BCUT2D eigenvalue weighted by Gasteiger charge is 2.39. The van der Waals surface area contributed by atoms with Crippen LogP contribution in [0.5, 0.6) is 0 Å². The van der Waals surface area contributed by atoms with E-state index >= 15 is 0 Å². The van der Waals surface area contributed by atoms with Crippen LogP contribution in [-0.2, 0) is 0 Å². The van der Waals surface area contributed by atoms with Gasteiger partial charge in [-0.25, -0.2) is 4.98 Å². The molecule has 0 aromatic carbocycles. The molecular formula is C12H15N5. The fourth-order valence-electron chi connectivity index (χ4n) is 2.61. The van der Waals surface area contributed by atoms with E-state index in [2.05, 4.69) is 21.8 Å². The van der Waals surface area contributed by atoms with Crippen LogP contribution in [0.4, 0.5) is 11.5 Å². The van der Waals surface area contributed by atoms with Gasteiger partial charge in [0.2, 0.25) is 0 Å². The van der Waals surface area contributed by atoms with Crippen LogP contribution in [0.2, 0.25) is 0 Å². The maximum atomic E-state index is 8.95. The summed E-state index contributed by atoms with van der Waals surface area (Å²) in [6.07, 6.45) is 5.08. The van der Waals surface area contributed by atoms with Crippen molar-refractivity contribution in [2.45, 2.75) is 6.42 Å². The van der Waals surface area contributed by atoms with Gasteiger partial charge in [-0.05, 0) is 18.6 Å². The molecule has 2 N–H and O–H groups in total. The second-order valence-electron chi connectivity index (χ2n) is 4.88. The van der Waals surface area contributed by atoms with Gasteiger partial charge < -0.3 is 15.5 Å². The van der Waals surface area contributed by atoms with Gasteiger partial charge in [-0.3, -0.25) is 0 Å². The number of likely N-dealkylation sites (tertiary alicyclic amines) is 1. The lowest BCUT2D eigenvalue weighted by atomic mass is 9.87. The lowest BCUT2D eigenvalue weighted by molar-refractivity contribution is 0.338. The first-order chi connectivity index (χ1) is 8.31. The second-order valence-corrected chi connectivity index (χ2v) is 4.88. The zero-order valence-corrected chi connectivity index (χ0v) is 9.61. The predicted molar refractivity (Wildman–Crippen MR) is 65.5 cm³/mol. The quantitative estimate of drug-likeness (QED) is 0.652. The Hall–Kier alpha value is -1.96. The predicted octanol–water partition coefficient (Wildman–Crippen LogP) is 1.09. The van der Waals surface area contributed by atoms with E-state index in [0.29, 0.717) is 0 Å². The van der Waals surface area contributed by atoms with Crippen molar-refractivity contribution >= 4 is 11.5 Å². The molecule has 2 aliphatic rings. The van der Waals surface area contributed by atoms with E-state index in [1.54, 1.807) is 6.20 Å². The van der Waals surface area contributed by atoms with Gasteiger partial charge in [0.1, 0.15) is 5.82 Å². The molecule has 5 heteroatoms. The third-order valence-electron chi connectivity index (χ3n) is 3.67. The fraction of sp³-hybridized carbons (Fsp3) is 0.500. The number of hydrogen-bond donors (Lipinski definition) is 2. The normalized spacial score (nSPS) is 26.6. The van der Waals surface area contributed by atoms with Crippen molar-refractivity contribution in [2.75, 3.05) is 36.8 Å². The van der Waals surface area contributed by atoms with Crippen molar-refractivity contribution in [2.24, 2.45) is 5.41 Å². The molecule has 0 amide bonds. The van der Waals surface area contributed by atoms with Crippen LogP contribution in [0, 0.1) is 16.9 Å². The number of rotatable bonds is 0. The van der Waals surface area contributed by atoms with Gasteiger partial charge in [0, 0.05) is 37.8 Å². The number of pyridine rings is 1. The third-order valence-corrected chi connectivity index (χ3v) is 3.67. The Morgan fingerprint density at radius 3 is 3.12 bits per heavy atom. The van der Waals surface area contributed by atoms with E-state index in [1.165, 1.54) is 0 Å². The molecule has 1 fully saturated rings. The van der Waals surface area contributed by atoms with Crippen LogP contribution in [0.1, 0.15) is 6.42 Å². The van der Waals surface area contributed by atoms with Crippen LogP contribution in [-0.4, -0.2) is 36.1 Å². The Morgan fingerprint density at radius 2 is 2.29 bits per heavy atom. The van der Waals surface area contributed by atoms with Crippen molar-refractivity contribution in [1.82, 2.24) is 9.88 Å². The first-order valence-corrected chi connectivity index (χ1v) is 5.89. The van der Waals surface area contributed by atoms with E-state index in [1.807, 2.05) is 17.0 Å². The molecule has 17 heavy (non-hydrogen) atoms. The van der Waals surface area contributed by atoms with Gasteiger partial charge in [0.15, 0.2) is 6.19 Å². The Labute approximate surface area is 100 Å². The van der Waals surface area contributed by atoms with Crippen molar-refractivity contribution in [3.63, 3.8) is 0 Å². The number of fused-ring (bicyclic) bond motifs is 1. The number of aromatic nitrogens is 1. The summed E-state index contributed by atoms with van der Waals surface area (Å²) >= 11 is 0. The largest absolute Gasteiger partial charge is 0.381 e. The summed E-state index contributed by atoms with van der Waals surface area (Å²) < 4.78 is 0. The van der Waals surface area contributed by atoms with E-state index < -0.39 is 0 Å². The summed E-state index contributed by atoms with van der Waals surface area (Å²) in [5, 5.41) is 15.8. The first kappa shape index (κ1) is 10.2. The van der Waals surface area contributed by atoms with Gasteiger partial charge in [0.05, 0.1) is 5.69 Å². The minimum Gasteiger partial charge on any atom is -0.381 e. The van der Waals surface area contributed by atoms with E-state index in [4.69, 9.17) is 5.26 Å². The van der Waals surface area contributed by atoms with Crippen LogP contribution in [0.25, 0.3) is 0 Å². The van der Waals surface area contributed by atoms with E-state index in [9.17, 15) is 0 Å². The molecule has 1 spiro atoms. The van der Waals surface area contributed by atoms with Gasteiger partial charge in [-0.2, -0.15) is 5.26 Å². The first-order valence-electron chi connectivity index (χ1n) is 5.89. The van der Waals surface area contributed by atoms with Crippen LogP contribution < -0.4 is 10.6 Å². The number of nitrogens with one attached hydrogen (secondary N) is 2. The van der Waals surface area contributed by atoms with E-state index in [-0.39, 0.29) is 5.41 Å². The average molecular weight is 229 g/mol. The molecule has 1 aromatic rings. The molecule has 3 rings (SSSR count). The molecule has 3 heterocycles. The number of nitrogens with zero attached hydrogens (tertiary/aromatic N) is 3. The topological polar surface area (TPSA) is 64.0 Å². The highest BCUT2D eigenvalue weighted by molar-refractivity contribution is 5.65. The minimum atomic E-state index is 0.149. The van der Waals surface area contributed by atoms with E-state index in [0.717, 1.165) is 44.1 Å². The molecule has 1 saturated heterocycles. The van der Waals surface area contributed by atoms with Crippen LogP contribution in [0.15, 0.2) is 18.3 Å². The Balaban J connectivity index is 1.80. The summed E-state index contributed by atoms with van der Waals surface area (Å²) in [6.45, 7) is 3.47.